The van der Waals surface area contributed by atoms with E-state index in [2.05, 4.69) is 56.8 Å². The van der Waals surface area contributed by atoms with Crippen LogP contribution in [0.1, 0.15) is 74.3 Å². The van der Waals surface area contributed by atoms with Crippen LogP contribution in [-0.4, -0.2) is 7.05 Å². The van der Waals surface area contributed by atoms with E-state index < -0.39 is 0 Å². The molecule has 0 bridgehead atoms. The molecule has 0 spiro atoms. The Labute approximate surface area is 123 Å². The third-order valence-corrected chi connectivity index (χ3v) is 2.44. The standard InChI is InChI=1S/C11H16.3C2H6.CH5N/c1-4-11(2,3)10-8-6-5-7-9-10;4*1-2/h5-9H,4H2,1-3H3;3*1-2H3;2H2,1H3. The molecule has 0 aliphatic rings. The van der Waals surface area contributed by atoms with Crippen molar-refractivity contribution < 1.29 is 0 Å². The Balaban J connectivity index is -0.000000121. The van der Waals surface area contributed by atoms with E-state index in [1.165, 1.54) is 19.0 Å². The van der Waals surface area contributed by atoms with E-state index in [9.17, 15) is 0 Å². The second kappa shape index (κ2) is 22.4. The summed E-state index contributed by atoms with van der Waals surface area (Å²) >= 11 is 0. The average molecular weight is 270 g/mol. The van der Waals surface area contributed by atoms with Gasteiger partial charge in [0.25, 0.3) is 0 Å². The van der Waals surface area contributed by atoms with Gasteiger partial charge in [-0.2, -0.15) is 0 Å². The van der Waals surface area contributed by atoms with Gasteiger partial charge in [-0.25, -0.2) is 0 Å². The van der Waals surface area contributed by atoms with Crippen LogP contribution >= 0.6 is 0 Å². The van der Waals surface area contributed by atoms with Gasteiger partial charge >= 0.3 is 0 Å². The van der Waals surface area contributed by atoms with Crippen LogP contribution in [0.4, 0.5) is 0 Å². The Morgan fingerprint density at radius 1 is 0.789 bits per heavy atom. The van der Waals surface area contributed by atoms with Crippen molar-refractivity contribution >= 4 is 0 Å². The molecule has 2 N–H and O–H groups in total. The van der Waals surface area contributed by atoms with Gasteiger partial charge in [-0.3, -0.25) is 0 Å². The summed E-state index contributed by atoms with van der Waals surface area (Å²) in [4.78, 5) is 0. The first-order valence-corrected chi connectivity index (χ1v) is 7.80. The minimum Gasteiger partial charge on any atom is -0.333 e. The van der Waals surface area contributed by atoms with E-state index in [0.29, 0.717) is 5.41 Å². The van der Waals surface area contributed by atoms with Crippen LogP contribution in [0.25, 0.3) is 0 Å². The molecule has 0 aromatic heterocycles. The molecule has 1 rings (SSSR count). The van der Waals surface area contributed by atoms with Crippen LogP contribution in [-0.2, 0) is 5.41 Å². The molecule has 0 radical (unpaired) electrons. The summed E-state index contributed by atoms with van der Waals surface area (Å²) in [5, 5.41) is 0. The monoisotopic (exact) mass is 269 g/mol. The highest BCUT2D eigenvalue weighted by atomic mass is 14.4. The lowest BCUT2D eigenvalue weighted by Gasteiger charge is -2.22. The molecular weight excluding hydrogens is 230 g/mol. The zero-order valence-electron chi connectivity index (χ0n) is 15.2. The molecule has 1 heteroatoms. The molecule has 1 aromatic rings. The molecular formula is C18H39N. The SMILES string of the molecule is CC.CC.CC.CCC(C)(C)c1ccccc1.CN. The Bertz CT molecular complexity index is 214. The first-order valence-electron chi connectivity index (χ1n) is 7.80. The first kappa shape index (κ1) is 26.7. The average Bonchev–Trinajstić information content (AvgIpc) is 2.56. The predicted molar refractivity (Wildman–Crippen MR) is 93.9 cm³/mol. The van der Waals surface area contributed by atoms with Crippen molar-refractivity contribution in [2.24, 2.45) is 5.73 Å². The van der Waals surface area contributed by atoms with Crippen LogP contribution < -0.4 is 5.73 Å². The van der Waals surface area contributed by atoms with E-state index in [1.807, 2.05) is 41.5 Å². The number of benzene rings is 1. The van der Waals surface area contributed by atoms with Gasteiger partial charge < -0.3 is 5.73 Å². The summed E-state index contributed by atoms with van der Waals surface area (Å²) < 4.78 is 0. The maximum atomic E-state index is 4.50. The van der Waals surface area contributed by atoms with Crippen molar-refractivity contribution in [1.29, 1.82) is 0 Å². The van der Waals surface area contributed by atoms with Crippen molar-refractivity contribution in [2.75, 3.05) is 7.05 Å². The lowest BCUT2D eigenvalue weighted by atomic mass is 9.82. The molecule has 0 unspecified atom stereocenters. The van der Waals surface area contributed by atoms with Crippen molar-refractivity contribution in [3.63, 3.8) is 0 Å². The van der Waals surface area contributed by atoms with Gasteiger partial charge in [0.2, 0.25) is 0 Å². The van der Waals surface area contributed by atoms with E-state index in [1.54, 1.807) is 0 Å². The fraction of sp³-hybridized carbons (Fsp3) is 0.667. The summed E-state index contributed by atoms with van der Waals surface area (Å²) in [5.41, 5.74) is 6.27. The summed E-state index contributed by atoms with van der Waals surface area (Å²) in [6, 6.07) is 10.7. The number of hydrogen-bond donors (Lipinski definition) is 1. The third-order valence-electron chi connectivity index (χ3n) is 2.44. The summed E-state index contributed by atoms with van der Waals surface area (Å²) in [6.45, 7) is 18.8. The molecule has 0 atom stereocenters. The highest BCUT2D eigenvalue weighted by Crippen LogP contribution is 2.25. The zero-order valence-corrected chi connectivity index (χ0v) is 15.2. The second-order valence-electron chi connectivity index (χ2n) is 3.60. The van der Waals surface area contributed by atoms with Gasteiger partial charge in [-0.05, 0) is 24.4 Å². The summed E-state index contributed by atoms with van der Waals surface area (Å²) in [7, 11) is 1.50. The predicted octanol–water partition coefficient (Wildman–Crippen LogP) is 6.03. The Morgan fingerprint density at radius 2 is 1.11 bits per heavy atom. The third kappa shape index (κ3) is 15.1. The van der Waals surface area contributed by atoms with Gasteiger partial charge in [0.05, 0.1) is 0 Å². The quantitative estimate of drug-likeness (QED) is 0.697. The van der Waals surface area contributed by atoms with E-state index in [4.69, 9.17) is 0 Å². The Hall–Kier alpha value is -0.820. The number of rotatable bonds is 2. The Kier molecular flexibility index (Phi) is 31.4. The smallest absolute Gasteiger partial charge is 0.0106 e. The summed E-state index contributed by atoms with van der Waals surface area (Å²) in [6.07, 6.45) is 1.19. The minimum absolute atomic E-state index is 0.335. The zero-order chi connectivity index (χ0) is 16.3. The normalized spacial score (nSPS) is 7.95. The molecule has 19 heavy (non-hydrogen) atoms. The van der Waals surface area contributed by atoms with Crippen LogP contribution in [0.15, 0.2) is 30.3 Å². The highest BCUT2D eigenvalue weighted by molar-refractivity contribution is 5.22. The van der Waals surface area contributed by atoms with Crippen LogP contribution in [0.3, 0.4) is 0 Å². The molecule has 0 aliphatic heterocycles. The van der Waals surface area contributed by atoms with Crippen LogP contribution in [0.5, 0.6) is 0 Å². The maximum Gasteiger partial charge on any atom is -0.0106 e. The van der Waals surface area contributed by atoms with Gasteiger partial charge in [0.1, 0.15) is 0 Å². The lowest BCUT2D eigenvalue weighted by Crippen LogP contribution is -2.14. The molecule has 116 valence electrons. The van der Waals surface area contributed by atoms with Crippen LogP contribution in [0.2, 0.25) is 0 Å². The second-order valence-corrected chi connectivity index (χ2v) is 3.60. The molecule has 1 nitrogen and oxygen atoms in total. The van der Waals surface area contributed by atoms with Crippen molar-refractivity contribution in [3.8, 4) is 0 Å². The van der Waals surface area contributed by atoms with E-state index in [-0.39, 0.29) is 0 Å². The fourth-order valence-corrected chi connectivity index (χ4v) is 1.09. The van der Waals surface area contributed by atoms with Gasteiger partial charge in [-0.15, -0.1) is 0 Å². The Morgan fingerprint density at radius 3 is 1.37 bits per heavy atom. The van der Waals surface area contributed by atoms with Crippen molar-refractivity contribution in [2.45, 2.75) is 74.1 Å². The van der Waals surface area contributed by atoms with Gasteiger partial charge in [-0.1, -0.05) is 92.6 Å². The van der Waals surface area contributed by atoms with E-state index in [0.717, 1.165) is 0 Å². The molecule has 0 fully saturated rings. The van der Waals surface area contributed by atoms with Gasteiger partial charge in [0.15, 0.2) is 0 Å². The largest absolute Gasteiger partial charge is 0.333 e. The van der Waals surface area contributed by atoms with Crippen molar-refractivity contribution in [1.82, 2.24) is 0 Å². The first-order chi connectivity index (χ1) is 9.17. The molecule has 0 saturated heterocycles. The molecule has 1 aromatic carbocycles. The maximum absolute atomic E-state index is 4.50. The lowest BCUT2D eigenvalue weighted by molar-refractivity contribution is 0.506. The summed E-state index contributed by atoms with van der Waals surface area (Å²) in [5.74, 6) is 0. The number of nitrogens with two attached hydrogens (primary N) is 1. The molecule has 0 saturated carbocycles. The highest BCUT2D eigenvalue weighted by Gasteiger charge is 2.16. The molecule has 0 aliphatic carbocycles. The van der Waals surface area contributed by atoms with Gasteiger partial charge in [0, 0.05) is 0 Å². The van der Waals surface area contributed by atoms with Crippen LogP contribution in [0, 0.1) is 0 Å². The minimum atomic E-state index is 0.335. The molecule has 0 heterocycles. The molecule has 0 amide bonds. The fourth-order valence-electron chi connectivity index (χ4n) is 1.09. The number of hydrogen-bond acceptors (Lipinski definition) is 1. The van der Waals surface area contributed by atoms with Crippen molar-refractivity contribution in [3.05, 3.63) is 35.9 Å². The topological polar surface area (TPSA) is 26.0 Å². The van der Waals surface area contributed by atoms with E-state index >= 15 is 0 Å².